The van der Waals surface area contributed by atoms with Gasteiger partial charge < -0.3 is 15.0 Å². The molecular formula is C16H23N3O2. The van der Waals surface area contributed by atoms with Crippen LogP contribution in [0.4, 0.5) is 5.69 Å². The third-order valence-corrected chi connectivity index (χ3v) is 3.27. The summed E-state index contributed by atoms with van der Waals surface area (Å²) in [7, 11) is 0. The minimum atomic E-state index is -0.0649. The molecule has 0 aliphatic rings. The molecule has 1 aromatic heterocycles. The maximum atomic E-state index is 5.77. The van der Waals surface area contributed by atoms with Gasteiger partial charge in [0.1, 0.15) is 6.10 Å². The van der Waals surface area contributed by atoms with E-state index in [-0.39, 0.29) is 6.10 Å². The van der Waals surface area contributed by atoms with E-state index in [0.717, 1.165) is 24.9 Å². The van der Waals surface area contributed by atoms with Crippen molar-refractivity contribution >= 4 is 5.69 Å². The molecule has 0 radical (unpaired) electrons. The highest BCUT2D eigenvalue weighted by Crippen LogP contribution is 2.20. The molecular weight excluding hydrogens is 266 g/mol. The third-order valence-electron chi connectivity index (χ3n) is 3.27. The minimum Gasteiger partial charge on any atom is -0.399 e. The number of hydrogen-bond donors (Lipinski definition) is 1. The molecule has 2 rings (SSSR count). The molecule has 114 valence electrons. The Morgan fingerprint density at radius 2 is 2.14 bits per heavy atom. The molecule has 21 heavy (non-hydrogen) atoms. The average Bonchev–Trinajstić information content (AvgIpc) is 2.94. The fourth-order valence-electron chi connectivity index (χ4n) is 2.25. The molecule has 0 amide bonds. The van der Waals surface area contributed by atoms with Crippen LogP contribution in [0.25, 0.3) is 0 Å². The number of hydrogen-bond acceptors (Lipinski definition) is 5. The van der Waals surface area contributed by atoms with Gasteiger partial charge in [0.05, 0.1) is 0 Å². The molecule has 0 fully saturated rings. The van der Waals surface area contributed by atoms with Crippen molar-refractivity contribution in [1.29, 1.82) is 0 Å². The Kier molecular flexibility index (Phi) is 5.75. The summed E-state index contributed by atoms with van der Waals surface area (Å²) in [5, 5.41) is 4.05. The summed E-state index contributed by atoms with van der Waals surface area (Å²) in [6, 6.07) is 7.85. The van der Waals surface area contributed by atoms with Crippen LogP contribution < -0.4 is 5.73 Å². The number of aromatic nitrogens is 2. The van der Waals surface area contributed by atoms with E-state index in [2.05, 4.69) is 17.1 Å². The molecule has 1 heterocycles. The second-order valence-corrected chi connectivity index (χ2v) is 5.02. The molecule has 0 aliphatic heterocycles. The minimum absolute atomic E-state index is 0.0649. The lowest BCUT2D eigenvalue weighted by Gasteiger charge is -2.11. The average molecular weight is 289 g/mol. The number of nitrogens with zero attached hydrogens (tertiary/aromatic N) is 2. The van der Waals surface area contributed by atoms with Gasteiger partial charge in [0.25, 0.3) is 0 Å². The second kappa shape index (κ2) is 7.78. The van der Waals surface area contributed by atoms with E-state index in [1.54, 1.807) is 0 Å². The maximum absolute atomic E-state index is 5.77. The Morgan fingerprint density at radius 1 is 1.29 bits per heavy atom. The van der Waals surface area contributed by atoms with Gasteiger partial charge >= 0.3 is 0 Å². The highest BCUT2D eigenvalue weighted by Gasteiger charge is 2.17. The lowest BCUT2D eigenvalue weighted by molar-refractivity contribution is 0.0478. The van der Waals surface area contributed by atoms with E-state index >= 15 is 0 Å². The highest BCUT2D eigenvalue weighted by molar-refractivity contribution is 5.40. The van der Waals surface area contributed by atoms with E-state index in [0.29, 0.717) is 24.7 Å². The first-order valence-corrected chi connectivity index (χ1v) is 7.51. The lowest BCUT2D eigenvalue weighted by atomic mass is 10.1. The van der Waals surface area contributed by atoms with E-state index in [1.165, 1.54) is 5.56 Å². The zero-order chi connectivity index (χ0) is 15.1. The second-order valence-electron chi connectivity index (χ2n) is 5.02. The monoisotopic (exact) mass is 289 g/mol. The van der Waals surface area contributed by atoms with Gasteiger partial charge in [-0.2, -0.15) is 4.98 Å². The number of ether oxygens (including phenoxy) is 1. The van der Waals surface area contributed by atoms with Gasteiger partial charge in [0.15, 0.2) is 0 Å². The quantitative estimate of drug-likeness (QED) is 0.755. The number of nitrogens with two attached hydrogens (primary N) is 1. The number of anilines is 1. The zero-order valence-electron chi connectivity index (χ0n) is 12.7. The normalized spacial score (nSPS) is 12.5. The summed E-state index contributed by atoms with van der Waals surface area (Å²) in [6.07, 6.45) is 3.41. The van der Waals surface area contributed by atoms with Crippen LogP contribution in [0, 0.1) is 0 Å². The number of rotatable bonds is 8. The predicted molar refractivity (Wildman–Crippen MR) is 81.8 cm³/mol. The molecule has 1 aromatic carbocycles. The summed E-state index contributed by atoms with van der Waals surface area (Å²) < 4.78 is 11.0. The molecule has 5 nitrogen and oxygen atoms in total. The summed E-state index contributed by atoms with van der Waals surface area (Å²) >= 11 is 0. The smallest absolute Gasteiger partial charge is 0.227 e. The molecule has 1 atom stereocenters. The van der Waals surface area contributed by atoms with Gasteiger partial charge in [-0.3, -0.25) is 0 Å². The number of benzene rings is 1. The van der Waals surface area contributed by atoms with Crippen LogP contribution in [0.15, 0.2) is 28.8 Å². The third kappa shape index (κ3) is 4.56. The van der Waals surface area contributed by atoms with Crippen molar-refractivity contribution in [3.63, 3.8) is 0 Å². The maximum Gasteiger partial charge on any atom is 0.227 e. The first kappa shape index (κ1) is 15.5. The van der Waals surface area contributed by atoms with Crippen molar-refractivity contribution in [2.45, 2.75) is 45.6 Å². The Hall–Kier alpha value is -1.88. The van der Waals surface area contributed by atoms with Gasteiger partial charge in [0, 0.05) is 18.7 Å². The molecule has 0 saturated heterocycles. The summed E-state index contributed by atoms with van der Waals surface area (Å²) in [5.41, 5.74) is 7.72. The summed E-state index contributed by atoms with van der Waals surface area (Å²) in [4.78, 5) is 4.45. The molecule has 2 aromatic rings. The van der Waals surface area contributed by atoms with Crippen LogP contribution in [-0.4, -0.2) is 16.7 Å². The van der Waals surface area contributed by atoms with Crippen LogP contribution >= 0.6 is 0 Å². The largest absolute Gasteiger partial charge is 0.399 e. The van der Waals surface area contributed by atoms with Crippen molar-refractivity contribution in [3.05, 3.63) is 41.5 Å². The van der Waals surface area contributed by atoms with E-state index in [4.69, 9.17) is 15.0 Å². The van der Waals surface area contributed by atoms with Crippen molar-refractivity contribution in [1.82, 2.24) is 10.1 Å². The van der Waals surface area contributed by atoms with Crippen molar-refractivity contribution < 1.29 is 9.26 Å². The van der Waals surface area contributed by atoms with Gasteiger partial charge in [0.2, 0.25) is 11.7 Å². The van der Waals surface area contributed by atoms with Gasteiger partial charge in [-0.15, -0.1) is 0 Å². The van der Waals surface area contributed by atoms with Gasteiger partial charge in [-0.25, -0.2) is 0 Å². The molecule has 5 heteroatoms. The molecule has 0 bridgehead atoms. The SMILES string of the molecule is CCCC(OCC)c1noc(CCc2cccc(N)c2)n1. The van der Waals surface area contributed by atoms with Crippen LogP contribution in [0.2, 0.25) is 0 Å². The van der Waals surface area contributed by atoms with Crippen LogP contribution in [-0.2, 0) is 17.6 Å². The molecule has 1 unspecified atom stereocenters. The standard InChI is InChI=1S/C16H23N3O2/c1-3-6-14(20-4-2)16-18-15(21-19-16)10-9-12-7-5-8-13(17)11-12/h5,7-8,11,14H,3-4,6,9-10,17H2,1-2H3. The highest BCUT2D eigenvalue weighted by atomic mass is 16.5. The number of aryl methyl sites for hydroxylation is 2. The Balaban J connectivity index is 1.96. The van der Waals surface area contributed by atoms with Crippen molar-refractivity contribution in [2.75, 3.05) is 12.3 Å². The molecule has 0 aliphatic carbocycles. The first-order valence-electron chi connectivity index (χ1n) is 7.51. The first-order chi connectivity index (χ1) is 10.2. The fourth-order valence-corrected chi connectivity index (χ4v) is 2.25. The van der Waals surface area contributed by atoms with Gasteiger partial charge in [-0.05, 0) is 37.5 Å². The summed E-state index contributed by atoms with van der Waals surface area (Å²) in [5.74, 6) is 1.30. The van der Waals surface area contributed by atoms with Crippen LogP contribution in [0.3, 0.4) is 0 Å². The zero-order valence-corrected chi connectivity index (χ0v) is 12.7. The van der Waals surface area contributed by atoms with Crippen LogP contribution in [0.1, 0.15) is 50.1 Å². The topological polar surface area (TPSA) is 74.2 Å². The van der Waals surface area contributed by atoms with Crippen molar-refractivity contribution in [2.24, 2.45) is 0 Å². The molecule has 0 saturated carbocycles. The molecule has 0 spiro atoms. The predicted octanol–water partition coefficient (Wildman–Crippen LogP) is 3.31. The Morgan fingerprint density at radius 3 is 2.86 bits per heavy atom. The lowest BCUT2D eigenvalue weighted by Crippen LogP contribution is -2.06. The van der Waals surface area contributed by atoms with E-state index in [9.17, 15) is 0 Å². The van der Waals surface area contributed by atoms with E-state index < -0.39 is 0 Å². The fraction of sp³-hybridized carbons (Fsp3) is 0.500. The Labute approximate surface area is 125 Å². The van der Waals surface area contributed by atoms with Gasteiger partial charge in [-0.1, -0.05) is 30.6 Å². The molecule has 2 N–H and O–H groups in total. The van der Waals surface area contributed by atoms with E-state index in [1.807, 2.05) is 31.2 Å². The van der Waals surface area contributed by atoms with Crippen LogP contribution in [0.5, 0.6) is 0 Å². The van der Waals surface area contributed by atoms with Crippen molar-refractivity contribution in [3.8, 4) is 0 Å². The Bertz CT molecular complexity index is 548. The summed E-state index contributed by atoms with van der Waals surface area (Å²) in [6.45, 7) is 4.74. The number of nitrogen functional groups attached to an aromatic ring is 1.